The fraction of sp³-hybridized carbons (Fsp3) is 1.00. The lowest BCUT2D eigenvalue weighted by Crippen LogP contribution is -2.51. The Bertz CT molecular complexity index is 162. The van der Waals surface area contributed by atoms with E-state index in [1.807, 2.05) is 11.8 Å². The van der Waals surface area contributed by atoms with Crippen LogP contribution in [-0.2, 0) is 0 Å². The summed E-state index contributed by atoms with van der Waals surface area (Å²) in [6.45, 7) is 11.0. The van der Waals surface area contributed by atoms with Crippen molar-refractivity contribution in [3.8, 4) is 0 Å². The average Bonchev–Trinajstić information content (AvgIpc) is 2.11. The van der Waals surface area contributed by atoms with Gasteiger partial charge in [0, 0.05) is 17.3 Å². The molecule has 0 aliphatic heterocycles. The summed E-state index contributed by atoms with van der Waals surface area (Å²) in [5.74, 6) is 2.94. The van der Waals surface area contributed by atoms with E-state index in [4.69, 9.17) is 0 Å². The largest absolute Gasteiger partial charge is 0.394 e. The molecule has 0 aliphatic carbocycles. The highest BCUT2D eigenvalue weighted by molar-refractivity contribution is 7.99. The third-order valence-corrected chi connectivity index (χ3v) is 3.61. The molecular weight excluding hydrogens is 206 g/mol. The summed E-state index contributed by atoms with van der Waals surface area (Å²) in [6, 6.07) is 0.424. The second-order valence-corrected chi connectivity index (χ2v) is 6.36. The molecule has 3 heteroatoms. The van der Waals surface area contributed by atoms with Crippen molar-refractivity contribution in [1.82, 2.24) is 5.32 Å². The second-order valence-electron chi connectivity index (χ2n) is 5.25. The summed E-state index contributed by atoms with van der Waals surface area (Å²) in [6.07, 6.45) is 1.26. The molecule has 0 bridgehead atoms. The van der Waals surface area contributed by atoms with Crippen LogP contribution in [0, 0.1) is 5.92 Å². The van der Waals surface area contributed by atoms with E-state index in [1.165, 1.54) is 12.2 Å². The fourth-order valence-electron chi connectivity index (χ4n) is 1.45. The molecule has 1 unspecified atom stereocenters. The van der Waals surface area contributed by atoms with Crippen LogP contribution in [-0.4, -0.2) is 34.8 Å². The molecule has 0 spiro atoms. The third kappa shape index (κ3) is 8.12. The maximum absolute atomic E-state index is 9.37. The monoisotopic (exact) mass is 233 g/mol. The summed E-state index contributed by atoms with van der Waals surface area (Å²) in [5.41, 5.74) is -0.129. The summed E-state index contributed by atoms with van der Waals surface area (Å²) in [4.78, 5) is 0. The van der Waals surface area contributed by atoms with Gasteiger partial charge in [-0.25, -0.2) is 0 Å². The predicted octanol–water partition coefficient (Wildman–Crippen LogP) is 2.51. The normalized spacial score (nSPS) is 16.0. The lowest BCUT2D eigenvalue weighted by atomic mass is 10.1. The standard InChI is InChI=1S/C12H27NOS/c1-10(2)6-7-15-9-12(5,8-14)13-11(3)4/h10-11,13-14H,6-9H2,1-5H3. The minimum Gasteiger partial charge on any atom is -0.394 e. The Hall–Kier alpha value is 0.270. The molecule has 92 valence electrons. The number of nitrogens with one attached hydrogen (secondary N) is 1. The van der Waals surface area contributed by atoms with Gasteiger partial charge in [0.2, 0.25) is 0 Å². The van der Waals surface area contributed by atoms with Crippen molar-refractivity contribution in [2.45, 2.75) is 52.6 Å². The maximum Gasteiger partial charge on any atom is 0.0618 e. The van der Waals surface area contributed by atoms with E-state index in [1.54, 1.807) is 0 Å². The van der Waals surface area contributed by atoms with Gasteiger partial charge in [0.1, 0.15) is 0 Å². The number of thioether (sulfide) groups is 1. The molecule has 0 aromatic heterocycles. The Kier molecular flexibility index (Phi) is 7.66. The van der Waals surface area contributed by atoms with E-state index in [2.05, 4.69) is 39.9 Å². The van der Waals surface area contributed by atoms with Crippen molar-refractivity contribution in [3.63, 3.8) is 0 Å². The van der Waals surface area contributed by atoms with Gasteiger partial charge in [-0.2, -0.15) is 11.8 Å². The van der Waals surface area contributed by atoms with Gasteiger partial charge in [-0.1, -0.05) is 27.7 Å². The van der Waals surface area contributed by atoms with Crippen LogP contribution in [0.1, 0.15) is 41.0 Å². The zero-order valence-corrected chi connectivity index (χ0v) is 11.7. The zero-order chi connectivity index (χ0) is 11.9. The number of hydrogen-bond donors (Lipinski definition) is 2. The summed E-state index contributed by atoms with van der Waals surface area (Å²) in [5, 5.41) is 12.8. The minimum absolute atomic E-state index is 0.129. The number of aliphatic hydroxyl groups excluding tert-OH is 1. The lowest BCUT2D eigenvalue weighted by molar-refractivity contribution is 0.183. The van der Waals surface area contributed by atoms with Crippen molar-refractivity contribution in [2.75, 3.05) is 18.1 Å². The molecule has 0 aromatic rings. The highest BCUT2D eigenvalue weighted by atomic mass is 32.2. The van der Waals surface area contributed by atoms with Gasteiger partial charge < -0.3 is 10.4 Å². The van der Waals surface area contributed by atoms with E-state index in [9.17, 15) is 5.11 Å². The molecule has 0 aromatic carbocycles. The van der Waals surface area contributed by atoms with Crippen molar-refractivity contribution in [3.05, 3.63) is 0 Å². The molecule has 1 atom stereocenters. The average molecular weight is 233 g/mol. The summed E-state index contributed by atoms with van der Waals surface area (Å²) < 4.78 is 0. The first-order valence-corrected chi connectivity index (χ1v) is 7.01. The quantitative estimate of drug-likeness (QED) is 0.632. The SMILES string of the molecule is CC(C)CCSCC(C)(CO)NC(C)C. The first-order chi connectivity index (χ1) is 6.89. The zero-order valence-electron chi connectivity index (χ0n) is 10.8. The topological polar surface area (TPSA) is 32.3 Å². The van der Waals surface area contributed by atoms with Crippen LogP contribution in [0.15, 0.2) is 0 Å². The Labute approximate surface area is 99.2 Å². The third-order valence-electron chi connectivity index (χ3n) is 2.25. The van der Waals surface area contributed by atoms with Gasteiger partial charge in [-0.3, -0.25) is 0 Å². The van der Waals surface area contributed by atoms with Crippen LogP contribution in [0.25, 0.3) is 0 Å². The van der Waals surface area contributed by atoms with Gasteiger partial charge in [-0.15, -0.1) is 0 Å². The molecule has 0 saturated heterocycles. The minimum atomic E-state index is -0.129. The molecule has 0 rings (SSSR count). The number of hydrogen-bond acceptors (Lipinski definition) is 3. The van der Waals surface area contributed by atoms with E-state index >= 15 is 0 Å². The van der Waals surface area contributed by atoms with Crippen LogP contribution < -0.4 is 5.32 Å². The lowest BCUT2D eigenvalue weighted by Gasteiger charge is -2.30. The Morgan fingerprint density at radius 3 is 2.27 bits per heavy atom. The molecule has 0 saturated carbocycles. The van der Waals surface area contributed by atoms with E-state index < -0.39 is 0 Å². The summed E-state index contributed by atoms with van der Waals surface area (Å²) >= 11 is 1.93. The van der Waals surface area contributed by atoms with Crippen LogP contribution in [0.3, 0.4) is 0 Å². The molecule has 0 radical (unpaired) electrons. The molecule has 15 heavy (non-hydrogen) atoms. The number of aliphatic hydroxyl groups is 1. The molecule has 2 N–H and O–H groups in total. The predicted molar refractivity (Wildman–Crippen MR) is 70.5 cm³/mol. The van der Waals surface area contributed by atoms with Crippen LogP contribution >= 0.6 is 11.8 Å². The van der Waals surface area contributed by atoms with Crippen molar-refractivity contribution in [1.29, 1.82) is 0 Å². The first kappa shape index (κ1) is 15.3. The summed E-state index contributed by atoms with van der Waals surface area (Å²) in [7, 11) is 0. The Morgan fingerprint density at radius 1 is 1.27 bits per heavy atom. The first-order valence-electron chi connectivity index (χ1n) is 5.86. The molecule has 0 aliphatic rings. The molecule has 0 fully saturated rings. The van der Waals surface area contributed by atoms with Crippen molar-refractivity contribution in [2.24, 2.45) is 5.92 Å². The van der Waals surface area contributed by atoms with Crippen molar-refractivity contribution < 1.29 is 5.11 Å². The van der Waals surface area contributed by atoms with Gasteiger partial charge in [-0.05, 0) is 25.0 Å². The number of rotatable bonds is 8. The Balaban J connectivity index is 3.77. The van der Waals surface area contributed by atoms with E-state index in [0.717, 1.165) is 11.7 Å². The Morgan fingerprint density at radius 2 is 1.87 bits per heavy atom. The smallest absolute Gasteiger partial charge is 0.0618 e. The molecule has 2 nitrogen and oxygen atoms in total. The molecule has 0 amide bonds. The van der Waals surface area contributed by atoms with Gasteiger partial charge >= 0.3 is 0 Å². The highest BCUT2D eigenvalue weighted by Gasteiger charge is 2.23. The second kappa shape index (κ2) is 7.53. The van der Waals surface area contributed by atoms with E-state index in [-0.39, 0.29) is 12.1 Å². The molecule has 0 heterocycles. The van der Waals surface area contributed by atoms with Gasteiger partial charge in [0.25, 0.3) is 0 Å². The van der Waals surface area contributed by atoms with Crippen LogP contribution in [0.4, 0.5) is 0 Å². The van der Waals surface area contributed by atoms with Crippen LogP contribution in [0.2, 0.25) is 0 Å². The molecular formula is C12H27NOS. The fourth-order valence-corrected chi connectivity index (χ4v) is 2.85. The van der Waals surface area contributed by atoms with Gasteiger partial charge in [0.05, 0.1) is 6.61 Å². The highest BCUT2D eigenvalue weighted by Crippen LogP contribution is 2.16. The van der Waals surface area contributed by atoms with Crippen molar-refractivity contribution >= 4 is 11.8 Å². The van der Waals surface area contributed by atoms with Gasteiger partial charge in [0.15, 0.2) is 0 Å². The van der Waals surface area contributed by atoms with Crippen LogP contribution in [0.5, 0.6) is 0 Å². The van der Waals surface area contributed by atoms with E-state index in [0.29, 0.717) is 6.04 Å². The maximum atomic E-state index is 9.37.